The zero-order valence-corrected chi connectivity index (χ0v) is 8.96. The fourth-order valence-electron chi connectivity index (χ4n) is 1.36. The molecule has 0 N–H and O–H groups in total. The quantitative estimate of drug-likeness (QED) is 0.604. The van der Waals surface area contributed by atoms with Crippen molar-refractivity contribution in [2.75, 3.05) is 0 Å². The summed E-state index contributed by atoms with van der Waals surface area (Å²) in [5.74, 6) is -1.02. The molecule has 0 atom stereocenters. The lowest BCUT2D eigenvalue weighted by Gasteiger charge is -2.00. The number of thiophene rings is 1. The van der Waals surface area contributed by atoms with Crippen LogP contribution >= 0.6 is 11.3 Å². The molecule has 1 heterocycles. The SMILES string of the molecule is O=Cc1ccsc1C(=O)c1ccccc1F. The highest BCUT2D eigenvalue weighted by atomic mass is 32.1. The van der Waals surface area contributed by atoms with Crippen molar-refractivity contribution >= 4 is 23.4 Å². The van der Waals surface area contributed by atoms with Gasteiger partial charge in [0.05, 0.1) is 10.4 Å². The van der Waals surface area contributed by atoms with Crippen LogP contribution in [0.3, 0.4) is 0 Å². The molecule has 0 amide bonds. The number of carbonyl (C=O) groups is 2. The number of aldehydes is 1. The van der Waals surface area contributed by atoms with E-state index in [1.165, 1.54) is 18.2 Å². The van der Waals surface area contributed by atoms with Crippen LogP contribution in [-0.2, 0) is 0 Å². The Morgan fingerprint density at radius 1 is 1.25 bits per heavy atom. The van der Waals surface area contributed by atoms with E-state index in [0.29, 0.717) is 11.8 Å². The molecule has 0 aliphatic heterocycles. The van der Waals surface area contributed by atoms with Crippen molar-refractivity contribution in [3.05, 3.63) is 57.5 Å². The van der Waals surface area contributed by atoms with Crippen LogP contribution in [0.2, 0.25) is 0 Å². The molecule has 0 radical (unpaired) electrons. The van der Waals surface area contributed by atoms with Crippen LogP contribution in [-0.4, -0.2) is 12.1 Å². The summed E-state index contributed by atoms with van der Waals surface area (Å²) < 4.78 is 13.4. The molecule has 0 saturated heterocycles. The molecule has 0 aliphatic carbocycles. The van der Waals surface area contributed by atoms with Crippen LogP contribution < -0.4 is 0 Å². The molecule has 1 aromatic carbocycles. The van der Waals surface area contributed by atoms with Gasteiger partial charge >= 0.3 is 0 Å². The summed E-state index contributed by atoms with van der Waals surface area (Å²) in [5, 5.41) is 1.64. The molecule has 80 valence electrons. The van der Waals surface area contributed by atoms with Crippen molar-refractivity contribution in [1.29, 1.82) is 0 Å². The summed E-state index contributed by atoms with van der Waals surface area (Å²) in [6.07, 6.45) is 0.602. The molecule has 0 spiro atoms. The molecule has 2 rings (SSSR count). The van der Waals surface area contributed by atoms with Crippen LogP contribution in [0.25, 0.3) is 0 Å². The maximum atomic E-state index is 13.4. The molecule has 0 saturated carbocycles. The zero-order chi connectivity index (χ0) is 11.5. The third kappa shape index (κ3) is 1.79. The second-order valence-corrected chi connectivity index (χ2v) is 4.05. The van der Waals surface area contributed by atoms with Gasteiger partial charge in [-0.25, -0.2) is 4.39 Å². The summed E-state index contributed by atoms with van der Waals surface area (Å²) in [6, 6.07) is 7.28. The average Bonchev–Trinajstić information content (AvgIpc) is 2.77. The Hall–Kier alpha value is -1.81. The van der Waals surface area contributed by atoms with E-state index < -0.39 is 11.6 Å². The highest BCUT2D eigenvalue weighted by Gasteiger charge is 2.17. The Morgan fingerprint density at radius 2 is 2.00 bits per heavy atom. The van der Waals surface area contributed by atoms with E-state index in [1.54, 1.807) is 17.5 Å². The van der Waals surface area contributed by atoms with Gasteiger partial charge in [-0.15, -0.1) is 11.3 Å². The lowest BCUT2D eigenvalue weighted by atomic mass is 10.1. The van der Waals surface area contributed by atoms with Gasteiger partial charge in [-0.2, -0.15) is 0 Å². The minimum absolute atomic E-state index is 0.00644. The number of benzene rings is 1. The lowest BCUT2D eigenvalue weighted by molar-refractivity contribution is 0.103. The lowest BCUT2D eigenvalue weighted by Crippen LogP contribution is -2.04. The number of halogens is 1. The Balaban J connectivity index is 2.47. The number of hydrogen-bond donors (Lipinski definition) is 0. The standard InChI is InChI=1S/C12H7FO2S/c13-10-4-2-1-3-9(10)11(15)12-8(7-14)5-6-16-12/h1-7H. The number of hydrogen-bond acceptors (Lipinski definition) is 3. The molecule has 2 nitrogen and oxygen atoms in total. The van der Waals surface area contributed by atoms with Crippen molar-refractivity contribution in [1.82, 2.24) is 0 Å². The minimum Gasteiger partial charge on any atom is -0.298 e. The fraction of sp³-hybridized carbons (Fsp3) is 0. The van der Waals surface area contributed by atoms with Crippen molar-refractivity contribution in [2.24, 2.45) is 0 Å². The first-order chi connectivity index (χ1) is 7.74. The second-order valence-electron chi connectivity index (χ2n) is 3.13. The summed E-state index contributed by atoms with van der Waals surface area (Å²) in [6.45, 7) is 0. The Labute approximate surface area is 95.3 Å². The average molecular weight is 234 g/mol. The maximum Gasteiger partial charge on any atom is 0.206 e. The van der Waals surface area contributed by atoms with E-state index in [-0.39, 0.29) is 10.4 Å². The topological polar surface area (TPSA) is 34.1 Å². The molecule has 0 unspecified atom stereocenters. The van der Waals surface area contributed by atoms with Crippen LogP contribution in [0.4, 0.5) is 4.39 Å². The summed E-state index contributed by atoms with van der Waals surface area (Å²) >= 11 is 1.14. The van der Waals surface area contributed by atoms with E-state index in [1.807, 2.05) is 0 Å². The second kappa shape index (κ2) is 4.37. The highest BCUT2D eigenvalue weighted by Crippen LogP contribution is 2.20. The summed E-state index contributed by atoms with van der Waals surface area (Å²) in [5.41, 5.74) is 0.298. The number of rotatable bonds is 3. The van der Waals surface area contributed by atoms with E-state index in [2.05, 4.69) is 0 Å². The van der Waals surface area contributed by atoms with Crippen molar-refractivity contribution in [3.8, 4) is 0 Å². The van der Waals surface area contributed by atoms with Crippen molar-refractivity contribution < 1.29 is 14.0 Å². The van der Waals surface area contributed by atoms with E-state index >= 15 is 0 Å². The first kappa shape index (κ1) is 10.7. The molecule has 16 heavy (non-hydrogen) atoms. The van der Waals surface area contributed by atoms with E-state index in [9.17, 15) is 14.0 Å². The first-order valence-electron chi connectivity index (χ1n) is 4.56. The minimum atomic E-state index is -0.572. The molecular weight excluding hydrogens is 227 g/mol. The van der Waals surface area contributed by atoms with Gasteiger partial charge in [0.2, 0.25) is 5.78 Å². The number of ketones is 1. The van der Waals surface area contributed by atoms with E-state index in [0.717, 1.165) is 11.3 Å². The maximum absolute atomic E-state index is 13.4. The third-order valence-electron chi connectivity index (χ3n) is 2.15. The number of carbonyl (C=O) groups excluding carboxylic acids is 2. The van der Waals surface area contributed by atoms with Crippen LogP contribution in [0, 0.1) is 5.82 Å². The largest absolute Gasteiger partial charge is 0.298 e. The smallest absolute Gasteiger partial charge is 0.206 e. The molecule has 1 aromatic heterocycles. The van der Waals surface area contributed by atoms with Gasteiger partial charge < -0.3 is 0 Å². The Bertz CT molecular complexity index is 545. The van der Waals surface area contributed by atoms with E-state index in [4.69, 9.17) is 0 Å². The summed E-state index contributed by atoms with van der Waals surface area (Å²) in [4.78, 5) is 22.9. The van der Waals surface area contributed by atoms with Crippen LogP contribution in [0.15, 0.2) is 35.7 Å². The fourth-order valence-corrected chi connectivity index (χ4v) is 2.18. The normalized spacial score (nSPS) is 10.1. The van der Waals surface area contributed by atoms with Crippen molar-refractivity contribution in [2.45, 2.75) is 0 Å². The first-order valence-corrected chi connectivity index (χ1v) is 5.44. The molecular formula is C12H7FO2S. The van der Waals surface area contributed by atoms with Gasteiger partial charge in [-0.05, 0) is 23.6 Å². The summed E-state index contributed by atoms with van der Waals surface area (Å²) in [7, 11) is 0. The van der Waals surface area contributed by atoms with Gasteiger partial charge in [-0.3, -0.25) is 9.59 Å². The molecule has 4 heteroatoms. The monoisotopic (exact) mass is 234 g/mol. The molecule has 0 fully saturated rings. The predicted octanol–water partition coefficient (Wildman–Crippen LogP) is 2.93. The Morgan fingerprint density at radius 3 is 2.69 bits per heavy atom. The van der Waals surface area contributed by atoms with Gasteiger partial charge in [0.25, 0.3) is 0 Å². The van der Waals surface area contributed by atoms with Gasteiger partial charge in [0.1, 0.15) is 5.82 Å². The van der Waals surface area contributed by atoms with Gasteiger partial charge in [-0.1, -0.05) is 12.1 Å². The Kier molecular flexibility index (Phi) is 2.92. The van der Waals surface area contributed by atoms with Crippen LogP contribution in [0.1, 0.15) is 25.6 Å². The molecule has 0 aliphatic rings. The van der Waals surface area contributed by atoms with Crippen LogP contribution in [0.5, 0.6) is 0 Å². The van der Waals surface area contributed by atoms with Crippen molar-refractivity contribution in [3.63, 3.8) is 0 Å². The highest BCUT2D eigenvalue weighted by molar-refractivity contribution is 7.12. The van der Waals surface area contributed by atoms with Gasteiger partial charge in [0, 0.05) is 5.56 Å². The zero-order valence-electron chi connectivity index (χ0n) is 8.14. The molecule has 0 bridgehead atoms. The predicted molar refractivity (Wildman–Crippen MR) is 59.5 cm³/mol. The molecule has 2 aromatic rings. The van der Waals surface area contributed by atoms with Gasteiger partial charge in [0.15, 0.2) is 6.29 Å². The third-order valence-corrected chi connectivity index (χ3v) is 3.08.